The van der Waals surface area contributed by atoms with Crippen molar-refractivity contribution in [2.24, 2.45) is 0 Å². The standard InChI is InChI=1S/C11H16N2O2/c1-3-15-11(14)13(2)12-9-10-7-5-4-6-8-10/h4-8,12H,3,9H2,1-2H3. The molecule has 0 atom stereocenters. The maximum Gasteiger partial charge on any atom is 0.423 e. The van der Waals surface area contributed by atoms with Crippen molar-refractivity contribution in [1.29, 1.82) is 0 Å². The minimum Gasteiger partial charge on any atom is -0.449 e. The summed E-state index contributed by atoms with van der Waals surface area (Å²) in [6.07, 6.45) is -0.367. The second kappa shape index (κ2) is 6.03. The number of benzene rings is 1. The van der Waals surface area contributed by atoms with Gasteiger partial charge in [0.1, 0.15) is 0 Å². The summed E-state index contributed by atoms with van der Waals surface area (Å²) in [4.78, 5) is 11.2. The van der Waals surface area contributed by atoms with Gasteiger partial charge >= 0.3 is 6.09 Å². The molecule has 0 aliphatic carbocycles. The molecule has 1 rings (SSSR count). The first-order chi connectivity index (χ1) is 7.24. The number of nitrogens with one attached hydrogen (secondary N) is 1. The number of carbonyl (C=O) groups excluding carboxylic acids is 1. The van der Waals surface area contributed by atoms with E-state index >= 15 is 0 Å². The summed E-state index contributed by atoms with van der Waals surface area (Å²) < 4.78 is 4.82. The lowest BCUT2D eigenvalue weighted by Crippen LogP contribution is -2.39. The monoisotopic (exact) mass is 208 g/mol. The van der Waals surface area contributed by atoms with Gasteiger partial charge in [-0.25, -0.2) is 15.2 Å². The topological polar surface area (TPSA) is 41.6 Å². The lowest BCUT2D eigenvalue weighted by atomic mass is 10.2. The molecule has 0 radical (unpaired) electrons. The van der Waals surface area contributed by atoms with Crippen LogP contribution in [0.1, 0.15) is 12.5 Å². The third kappa shape index (κ3) is 3.99. The van der Waals surface area contributed by atoms with E-state index in [2.05, 4.69) is 5.43 Å². The molecule has 1 aromatic carbocycles. The van der Waals surface area contributed by atoms with Crippen molar-refractivity contribution in [3.63, 3.8) is 0 Å². The SMILES string of the molecule is CCOC(=O)N(C)NCc1ccccc1. The fourth-order valence-corrected chi connectivity index (χ4v) is 1.09. The molecule has 1 amide bonds. The number of hydrazine groups is 1. The second-order valence-electron chi connectivity index (χ2n) is 3.08. The summed E-state index contributed by atoms with van der Waals surface area (Å²) in [5, 5.41) is 1.34. The van der Waals surface area contributed by atoms with Crippen molar-refractivity contribution >= 4 is 6.09 Å². The predicted octanol–water partition coefficient (Wildman–Crippen LogP) is 1.78. The van der Waals surface area contributed by atoms with Gasteiger partial charge in [0.05, 0.1) is 6.61 Å². The highest BCUT2D eigenvalue weighted by atomic mass is 16.6. The third-order valence-corrected chi connectivity index (χ3v) is 1.90. The molecule has 82 valence electrons. The first-order valence-corrected chi connectivity index (χ1v) is 4.92. The van der Waals surface area contributed by atoms with Crippen LogP contribution in [0.4, 0.5) is 4.79 Å². The molecule has 0 aliphatic heterocycles. The average Bonchev–Trinajstić information content (AvgIpc) is 2.27. The van der Waals surface area contributed by atoms with Crippen LogP contribution >= 0.6 is 0 Å². The van der Waals surface area contributed by atoms with Gasteiger partial charge in [0.15, 0.2) is 0 Å². The molecule has 0 saturated heterocycles. The minimum absolute atomic E-state index is 0.367. The van der Waals surface area contributed by atoms with E-state index < -0.39 is 0 Å². The summed E-state index contributed by atoms with van der Waals surface area (Å²) in [6, 6.07) is 9.86. The van der Waals surface area contributed by atoms with Gasteiger partial charge in [-0.3, -0.25) is 0 Å². The summed E-state index contributed by atoms with van der Waals surface area (Å²) in [6.45, 7) is 2.77. The molecule has 1 aromatic rings. The van der Waals surface area contributed by atoms with Gasteiger partial charge in [0.25, 0.3) is 0 Å². The van der Waals surface area contributed by atoms with Crippen LogP contribution < -0.4 is 5.43 Å². The van der Waals surface area contributed by atoms with Crippen molar-refractivity contribution in [2.75, 3.05) is 13.7 Å². The number of carbonyl (C=O) groups is 1. The Hall–Kier alpha value is -1.55. The maximum absolute atomic E-state index is 11.2. The molecule has 15 heavy (non-hydrogen) atoms. The van der Waals surface area contributed by atoms with Gasteiger partial charge in [-0.2, -0.15) is 0 Å². The molecule has 0 spiro atoms. The largest absolute Gasteiger partial charge is 0.449 e. The minimum atomic E-state index is -0.367. The average molecular weight is 208 g/mol. The quantitative estimate of drug-likeness (QED) is 0.767. The van der Waals surface area contributed by atoms with E-state index in [-0.39, 0.29) is 6.09 Å². The maximum atomic E-state index is 11.2. The van der Waals surface area contributed by atoms with E-state index in [9.17, 15) is 4.79 Å². The number of hydrogen-bond donors (Lipinski definition) is 1. The summed E-state index contributed by atoms with van der Waals surface area (Å²) in [7, 11) is 1.64. The van der Waals surface area contributed by atoms with Crippen LogP contribution in [-0.2, 0) is 11.3 Å². The number of amides is 1. The van der Waals surface area contributed by atoms with Crippen LogP contribution in [0.3, 0.4) is 0 Å². The van der Waals surface area contributed by atoms with Gasteiger partial charge in [-0.05, 0) is 12.5 Å². The van der Waals surface area contributed by atoms with Crippen LogP contribution in [0.15, 0.2) is 30.3 Å². The zero-order valence-corrected chi connectivity index (χ0v) is 9.06. The number of hydrogen-bond acceptors (Lipinski definition) is 3. The molecule has 0 aromatic heterocycles. The van der Waals surface area contributed by atoms with Gasteiger partial charge in [0, 0.05) is 13.6 Å². The smallest absolute Gasteiger partial charge is 0.423 e. The normalized spacial score (nSPS) is 9.73. The van der Waals surface area contributed by atoms with E-state index in [0.717, 1.165) is 5.56 Å². The van der Waals surface area contributed by atoms with E-state index in [1.54, 1.807) is 14.0 Å². The van der Waals surface area contributed by atoms with Crippen LogP contribution in [0.5, 0.6) is 0 Å². The van der Waals surface area contributed by atoms with Crippen molar-refractivity contribution in [1.82, 2.24) is 10.4 Å². The molecule has 1 N–H and O–H groups in total. The zero-order valence-electron chi connectivity index (χ0n) is 9.06. The van der Waals surface area contributed by atoms with Crippen LogP contribution in [-0.4, -0.2) is 24.8 Å². The van der Waals surface area contributed by atoms with Crippen molar-refractivity contribution in [3.8, 4) is 0 Å². The third-order valence-electron chi connectivity index (χ3n) is 1.90. The van der Waals surface area contributed by atoms with Crippen molar-refractivity contribution in [2.45, 2.75) is 13.5 Å². The molecule has 0 saturated carbocycles. The molecule has 0 fully saturated rings. The van der Waals surface area contributed by atoms with Crippen molar-refractivity contribution in [3.05, 3.63) is 35.9 Å². The van der Waals surface area contributed by atoms with E-state index in [4.69, 9.17) is 4.74 Å². The number of nitrogens with zero attached hydrogens (tertiary/aromatic N) is 1. The fraction of sp³-hybridized carbons (Fsp3) is 0.364. The Balaban J connectivity index is 2.34. The predicted molar refractivity (Wildman–Crippen MR) is 58.1 cm³/mol. The molecule has 0 aliphatic rings. The van der Waals surface area contributed by atoms with Gasteiger partial charge < -0.3 is 4.74 Å². The van der Waals surface area contributed by atoms with Crippen LogP contribution in [0.2, 0.25) is 0 Å². The molecule has 4 heteroatoms. The Labute approximate surface area is 89.8 Å². The second-order valence-corrected chi connectivity index (χ2v) is 3.08. The first kappa shape index (κ1) is 11.5. The van der Waals surface area contributed by atoms with Gasteiger partial charge in [-0.1, -0.05) is 30.3 Å². The highest BCUT2D eigenvalue weighted by molar-refractivity contribution is 5.66. The Bertz CT molecular complexity index is 301. The molecule has 0 bridgehead atoms. The van der Waals surface area contributed by atoms with E-state index in [1.165, 1.54) is 5.01 Å². The Morgan fingerprint density at radius 2 is 2.07 bits per heavy atom. The molecule has 0 unspecified atom stereocenters. The summed E-state index contributed by atoms with van der Waals surface area (Å²) in [5.74, 6) is 0. The van der Waals surface area contributed by atoms with E-state index in [1.807, 2.05) is 30.3 Å². The molecular formula is C11H16N2O2. The van der Waals surface area contributed by atoms with Crippen molar-refractivity contribution < 1.29 is 9.53 Å². The number of rotatable bonds is 4. The Morgan fingerprint density at radius 1 is 1.40 bits per heavy atom. The fourth-order valence-electron chi connectivity index (χ4n) is 1.09. The first-order valence-electron chi connectivity index (χ1n) is 4.92. The molecule has 4 nitrogen and oxygen atoms in total. The summed E-state index contributed by atoms with van der Waals surface area (Å²) >= 11 is 0. The summed E-state index contributed by atoms with van der Waals surface area (Å²) in [5.41, 5.74) is 4.06. The van der Waals surface area contributed by atoms with Gasteiger partial charge in [-0.15, -0.1) is 0 Å². The zero-order chi connectivity index (χ0) is 11.1. The lowest BCUT2D eigenvalue weighted by Gasteiger charge is -2.17. The van der Waals surface area contributed by atoms with E-state index in [0.29, 0.717) is 13.2 Å². The Morgan fingerprint density at radius 3 is 2.67 bits per heavy atom. The highest BCUT2D eigenvalue weighted by Crippen LogP contribution is 1.97. The van der Waals surface area contributed by atoms with Crippen LogP contribution in [0, 0.1) is 0 Å². The lowest BCUT2D eigenvalue weighted by molar-refractivity contribution is 0.0976. The van der Waals surface area contributed by atoms with Crippen LogP contribution in [0.25, 0.3) is 0 Å². The Kier molecular flexibility index (Phi) is 4.63. The number of ether oxygens (including phenoxy) is 1. The molecule has 0 heterocycles. The highest BCUT2D eigenvalue weighted by Gasteiger charge is 2.07. The molecular weight excluding hydrogens is 192 g/mol. The van der Waals surface area contributed by atoms with Gasteiger partial charge in [0.2, 0.25) is 0 Å².